The van der Waals surface area contributed by atoms with E-state index in [0.29, 0.717) is 11.4 Å². The largest absolute Gasteiger partial charge is 0.345 e. The molecule has 2 aliphatic rings. The van der Waals surface area contributed by atoms with Gasteiger partial charge >= 0.3 is 6.03 Å². The van der Waals surface area contributed by atoms with Gasteiger partial charge in [0.1, 0.15) is 5.38 Å². The first-order chi connectivity index (χ1) is 5.27. The molecule has 5 heteroatoms. The quantitative estimate of drug-likeness (QED) is 0.533. The molecule has 2 amide bonds. The van der Waals surface area contributed by atoms with Crippen LogP contribution < -0.4 is 5.32 Å². The summed E-state index contributed by atoms with van der Waals surface area (Å²) in [5.41, 5.74) is 1.17. The standard InChI is InChI=1S/C6H4ClN3O/c7-3-1-8-2-4-5(3)10-6(11)9-4/h1-3H,(H,9,11). The molecular formula is C6H4ClN3O. The van der Waals surface area contributed by atoms with Gasteiger partial charge in [0.25, 0.3) is 0 Å². The molecule has 1 N–H and O–H groups in total. The van der Waals surface area contributed by atoms with Gasteiger partial charge in [-0.1, -0.05) is 0 Å². The molecular weight excluding hydrogens is 166 g/mol. The van der Waals surface area contributed by atoms with Crippen molar-refractivity contribution in [1.29, 1.82) is 0 Å². The molecule has 11 heavy (non-hydrogen) atoms. The first kappa shape index (κ1) is 6.54. The summed E-state index contributed by atoms with van der Waals surface area (Å²) in [7, 11) is 0. The number of nitrogens with one attached hydrogen (secondary N) is 1. The first-order valence-electron chi connectivity index (χ1n) is 3.05. The average molecular weight is 170 g/mol. The van der Waals surface area contributed by atoms with Crippen molar-refractivity contribution in [2.24, 2.45) is 9.98 Å². The van der Waals surface area contributed by atoms with Crippen molar-refractivity contribution in [3.05, 3.63) is 11.9 Å². The summed E-state index contributed by atoms with van der Waals surface area (Å²) in [4.78, 5) is 18.2. The molecule has 0 bridgehead atoms. The van der Waals surface area contributed by atoms with E-state index in [9.17, 15) is 4.79 Å². The van der Waals surface area contributed by atoms with E-state index in [1.165, 1.54) is 12.4 Å². The lowest BCUT2D eigenvalue weighted by molar-refractivity contribution is 0.253. The second-order valence-corrected chi connectivity index (χ2v) is 2.64. The molecule has 0 aromatic rings. The Labute approximate surface area is 67.7 Å². The number of amides is 2. The van der Waals surface area contributed by atoms with Crippen LogP contribution in [0.3, 0.4) is 0 Å². The number of aliphatic imine (C=N–C) groups is 2. The van der Waals surface area contributed by atoms with Crippen molar-refractivity contribution in [3.63, 3.8) is 0 Å². The van der Waals surface area contributed by atoms with E-state index in [1.54, 1.807) is 0 Å². The predicted octanol–water partition coefficient (Wildman–Crippen LogP) is 0.684. The molecule has 0 radical (unpaired) electrons. The Morgan fingerprint density at radius 1 is 1.64 bits per heavy atom. The summed E-state index contributed by atoms with van der Waals surface area (Å²) in [6.07, 6.45) is 3.06. The first-order valence-corrected chi connectivity index (χ1v) is 3.48. The molecule has 0 spiro atoms. The second-order valence-electron chi connectivity index (χ2n) is 2.17. The zero-order chi connectivity index (χ0) is 7.84. The minimum atomic E-state index is -0.381. The van der Waals surface area contributed by atoms with E-state index in [0.717, 1.165) is 0 Å². The van der Waals surface area contributed by atoms with Crippen LogP contribution in [0.4, 0.5) is 4.79 Å². The van der Waals surface area contributed by atoms with Crippen molar-refractivity contribution in [3.8, 4) is 0 Å². The number of allylic oxidation sites excluding steroid dienone is 1. The maximum atomic E-state index is 10.7. The van der Waals surface area contributed by atoms with Gasteiger partial charge in [-0.15, -0.1) is 11.6 Å². The van der Waals surface area contributed by atoms with Crippen LogP contribution in [0.25, 0.3) is 0 Å². The van der Waals surface area contributed by atoms with Crippen LogP contribution >= 0.6 is 11.6 Å². The number of urea groups is 1. The van der Waals surface area contributed by atoms with E-state index in [4.69, 9.17) is 11.6 Å². The van der Waals surface area contributed by atoms with E-state index >= 15 is 0 Å². The highest BCUT2D eigenvalue weighted by Gasteiger charge is 2.26. The van der Waals surface area contributed by atoms with Gasteiger partial charge in [-0.3, -0.25) is 4.99 Å². The SMILES string of the molecule is O=C1N=C2C(=CN=CC2Cl)N1. The molecule has 4 nitrogen and oxygen atoms in total. The Kier molecular flexibility index (Phi) is 1.29. The maximum absolute atomic E-state index is 10.7. The monoisotopic (exact) mass is 169 g/mol. The average Bonchev–Trinajstić information content (AvgIpc) is 2.31. The third-order valence-corrected chi connectivity index (χ3v) is 1.74. The predicted molar refractivity (Wildman–Crippen MR) is 42.2 cm³/mol. The highest BCUT2D eigenvalue weighted by molar-refractivity contribution is 6.45. The summed E-state index contributed by atoms with van der Waals surface area (Å²) >= 11 is 5.77. The molecule has 0 fully saturated rings. The number of carbonyl (C=O) groups is 1. The Morgan fingerprint density at radius 3 is 3.18 bits per heavy atom. The number of rotatable bonds is 0. The van der Waals surface area contributed by atoms with Gasteiger partial charge in [0.05, 0.1) is 17.6 Å². The van der Waals surface area contributed by atoms with Crippen LogP contribution in [0.1, 0.15) is 0 Å². The molecule has 1 atom stereocenters. The lowest BCUT2D eigenvalue weighted by Crippen LogP contribution is -2.23. The summed E-state index contributed by atoms with van der Waals surface area (Å²) in [6, 6.07) is -0.373. The maximum Gasteiger partial charge on any atom is 0.345 e. The van der Waals surface area contributed by atoms with Gasteiger partial charge in [-0.25, -0.2) is 4.79 Å². The van der Waals surface area contributed by atoms with Crippen LogP contribution in [0.15, 0.2) is 21.9 Å². The number of halogens is 1. The van der Waals surface area contributed by atoms with Crippen LogP contribution in [0, 0.1) is 0 Å². The lowest BCUT2D eigenvalue weighted by Gasteiger charge is -2.07. The second kappa shape index (κ2) is 2.17. The van der Waals surface area contributed by atoms with E-state index < -0.39 is 0 Å². The van der Waals surface area contributed by atoms with Crippen molar-refractivity contribution in [2.45, 2.75) is 5.38 Å². The van der Waals surface area contributed by atoms with Gasteiger partial charge in [0, 0.05) is 6.21 Å². The lowest BCUT2D eigenvalue weighted by atomic mass is 10.2. The minimum Gasteiger partial charge on any atom is -0.303 e. The fraction of sp³-hybridized carbons (Fsp3) is 0.167. The topological polar surface area (TPSA) is 53.8 Å². The van der Waals surface area contributed by atoms with Gasteiger partial charge in [-0.2, -0.15) is 4.99 Å². The fourth-order valence-corrected chi connectivity index (χ4v) is 1.18. The van der Waals surface area contributed by atoms with Gasteiger partial charge in [0.15, 0.2) is 0 Å². The fourth-order valence-electron chi connectivity index (χ4n) is 0.949. The number of alkyl halides is 1. The van der Waals surface area contributed by atoms with Gasteiger partial charge < -0.3 is 5.32 Å². The molecule has 0 aliphatic carbocycles. The van der Waals surface area contributed by atoms with Crippen LogP contribution in [-0.4, -0.2) is 23.3 Å². The molecule has 0 aromatic heterocycles. The molecule has 2 heterocycles. The molecule has 0 aromatic carbocycles. The van der Waals surface area contributed by atoms with Crippen molar-refractivity contribution < 1.29 is 4.79 Å². The molecule has 1 unspecified atom stereocenters. The molecule has 2 rings (SSSR count). The van der Waals surface area contributed by atoms with Gasteiger partial charge in [-0.05, 0) is 0 Å². The Bertz CT molecular complexity index is 305. The van der Waals surface area contributed by atoms with Crippen LogP contribution in [-0.2, 0) is 0 Å². The summed E-state index contributed by atoms with van der Waals surface area (Å²) in [6.45, 7) is 0. The summed E-state index contributed by atoms with van der Waals surface area (Å²) in [5, 5.41) is 2.13. The number of carbonyl (C=O) groups excluding carboxylic acids is 1. The van der Waals surface area contributed by atoms with E-state index in [1.807, 2.05) is 0 Å². The van der Waals surface area contributed by atoms with Crippen molar-refractivity contribution >= 4 is 29.6 Å². The Hall–Kier alpha value is -1.16. The zero-order valence-electron chi connectivity index (χ0n) is 5.41. The number of nitrogens with zero attached hydrogens (tertiary/aromatic N) is 2. The third kappa shape index (κ3) is 0.952. The zero-order valence-corrected chi connectivity index (χ0v) is 6.17. The van der Waals surface area contributed by atoms with Crippen molar-refractivity contribution in [1.82, 2.24) is 5.32 Å². The minimum absolute atomic E-state index is 0.373. The summed E-state index contributed by atoms with van der Waals surface area (Å²) in [5.74, 6) is 0. The number of hydrogen-bond acceptors (Lipinski definition) is 2. The number of hydrogen-bond donors (Lipinski definition) is 1. The van der Waals surface area contributed by atoms with Crippen LogP contribution in [0.2, 0.25) is 0 Å². The highest BCUT2D eigenvalue weighted by atomic mass is 35.5. The molecule has 56 valence electrons. The number of fused-ring (bicyclic) bond motifs is 1. The molecule has 2 aliphatic heterocycles. The van der Waals surface area contributed by atoms with Gasteiger partial charge in [0.2, 0.25) is 0 Å². The van der Waals surface area contributed by atoms with E-state index in [-0.39, 0.29) is 11.4 Å². The smallest absolute Gasteiger partial charge is 0.303 e. The molecule has 0 saturated heterocycles. The Balaban J connectivity index is 2.43. The van der Waals surface area contributed by atoms with Crippen molar-refractivity contribution in [2.75, 3.05) is 0 Å². The normalized spacial score (nSPS) is 27.4. The Morgan fingerprint density at radius 2 is 2.45 bits per heavy atom. The van der Waals surface area contributed by atoms with E-state index in [2.05, 4.69) is 15.3 Å². The third-order valence-electron chi connectivity index (χ3n) is 1.42. The van der Waals surface area contributed by atoms with Crippen LogP contribution in [0.5, 0.6) is 0 Å². The summed E-state index contributed by atoms with van der Waals surface area (Å²) < 4.78 is 0. The highest BCUT2D eigenvalue weighted by Crippen LogP contribution is 2.14. The molecule has 0 saturated carbocycles.